The SMILES string of the molecule is C#CCOCCOCCOCCOCCNC(=O)OC(C)(C)C.CC(C)(C)OC(=O)CCCOCCOCCOCCOCC#Cc1ccc2c(c1)C(=O)N(C1CCC(=O)NC1=O)C2=O.O=C1CCC(N2C(=O)c3ccc(Br)cc3C2=O)C(=O)N1. The predicted molar refractivity (Wildman–Crippen MR) is 306 cm³/mol. The molecule has 2 atom stereocenters. The van der Waals surface area contributed by atoms with Crippen LogP contribution in [0.3, 0.4) is 0 Å². The van der Waals surface area contributed by atoms with Crippen LogP contribution in [0.15, 0.2) is 40.9 Å². The molecule has 2 aromatic carbocycles. The second-order valence-corrected chi connectivity index (χ2v) is 21.7. The van der Waals surface area contributed by atoms with E-state index in [0.717, 1.165) is 9.80 Å². The first-order valence-electron chi connectivity index (χ1n) is 27.6. The zero-order valence-corrected chi connectivity index (χ0v) is 50.5. The van der Waals surface area contributed by atoms with Gasteiger partial charge >= 0.3 is 12.1 Å². The molecule has 2 saturated heterocycles. The molecule has 0 aliphatic carbocycles. The number of imide groups is 4. The lowest BCUT2D eigenvalue weighted by Gasteiger charge is -2.27. The number of nitrogens with zero attached hydrogens (tertiary/aromatic N) is 2. The van der Waals surface area contributed by atoms with E-state index in [0.29, 0.717) is 129 Å². The average molecular weight is 1260 g/mol. The van der Waals surface area contributed by atoms with Crippen molar-refractivity contribution in [2.75, 3.05) is 112 Å². The number of rotatable bonds is 29. The molecule has 0 saturated carbocycles. The van der Waals surface area contributed by atoms with Crippen LogP contribution in [0.25, 0.3) is 0 Å². The zero-order chi connectivity index (χ0) is 62.4. The van der Waals surface area contributed by atoms with Crippen LogP contribution in [0.2, 0.25) is 0 Å². The molecule has 85 heavy (non-hydrogen) atoms. The van der Waals surface area contributed by atoms with Gasteiger partial charge in [0.1, 0.15) is 36.5 Å². The van der Waals surface area contributed by atoms with E-state index in [2.05, 4.69) is 49.6 Å². The molecule has 2 unspecified atom stereocenters. The van der Waals surface area contributed by atoms with E-state index < -0.39 is 70.7 Å². The maximum Gasteiger partial charge on any atom is 0.407 e. The molecule has 25 nitrogen and oxygen atoms in total. The first-order chi connectivity index (χ1) is 40.5. The number of benzene rings is 2. The van der Waals surface area contributed by atoms with Gasteiger partial charge in [-0.15, -0.1) is 6.42 Å². The lowest BCUT2D eigenvalue weighted by Crippen LogP contribution is -2.54. The number of nitrogens with one attached hydrogen (secondary N) is 3. The summed E-state index contributed by atoms with van der Waals surface area (Å²) in [4.78, 5) is 122. The highest BCUT2D eigenvalue weighted by atomic mass is 79.9. The Bertz CT molecular complexity index is 2760. The number of terminal acetylenes is 1. The van der Waals surface area contributed by atoms with Crippen molar-refractivity contribution >= 4 is 75.2 Å². The van der Waals surface area contributed by atoms with Crippen LogP contribution in [0.5, 0.6) is 0 Å². The normalized spacial score (nSPS) is 16.4. The van der Waals surface area contributed by atoms with E-state index in [9.17, 15) is 47.9 Å². The third-order valence-electron chi connectivity index (χ3n) is 11.7. The van der Waals surface area contributed by atoms with Gasteiger partial charge in [-0.3, -0.25) is 63.6 Å². The Morgan fingerprint density at radius 2 is 0.988 bits per heavy atom. The number of fused-ring (bicyclic) bond motifs is 2. The fraction of sp³-hybridized carbons (Fsp3) is 0.559. The fourth-order valence-electron chi connectivity index (χ4n) is 7.95. The molecule has 0 radical (unpaired) electrons. The van der Waals surface area contributed by atoms with Crippen LogP contribution in [0, 0.1) is 24.2 Å². The molecule has 4 heterocycles. The molecule has 9 amide bonds. The number of amides is 9. The van der Waals surface area contributed by atoms with Gasteiger partial charge in [0.2, 0.25) is 23.6 Å². The Hall–Kier alpha value is -6.98. The lowest BCUT2D eigenvalue weighted by atomic mass is 10.0. The highest BCUT2D eigenvalue weighted by Crippen LogP contribution is 2.30. The van der Waals surface area contributed by atoms with E-state index >= 15 is 0 Å². The summed E-state index contributed by atoms with van der Waals surface area (Å²) in [7, 11) is 0. The first kappa shape index (κ1) is 70.5. The first-order valence-corrected chi connectivity index (χ1v) is 28.4. The van der Waals surface area contributed by atoms with Gasteiger partial charge in [-0.2, -0.15) is 0 Å². The van der Waals surface area contributed by atoms with Gasteiger partial charge in [-0.1, -0.05) is 33.7 Å². The molecule has 2 aromatic rings. The molecule has 2 fully saturated rings. The zero-order valence-electron chi connectivity index (χ0n) is 48.9. The van der Waals surface area contributed by atoms with Crippen molar-refractivity contribution in [1.29, 1.82) is 0 Å². The number of hydrogen-bond acceptors (Lipinski definition) is 20. The summed E-state index contributed by atoms with van der Waals surface area (Å²) in [5.41, 5.74) is 0.502. The molecule has 4 aliphatic heterocycles. The van der Waals surface area contributed by atoms with Crippen molar-refractivity contribution in [3.05, 3.63) is 68.7 Å². The summed E-state index contributed by atoms with van der Waals surface area (Å²) in [6, 6.07) is 7.51. The van der Waals surface area contributed by atoms with E-state index in [1.807, 2.05) is 41.5 Å². The van der Waals surface area contributed by atoms with Crippen molar-refractivity contribution in [2.24, 2.45) is 0 Å². The quantitative estimate of drug-likeness (QED) is 0.0453. The van der Waals surface area contributed by atoms with Crippen LogP contribution >= 0.6 is 15.9 Å². The molecular formula is C59H76BrN5O20. The van der Waals surface area contributed by atoms with Crippen LogP contribution in [-0.2, 0) is 71.3 Å². The van der Waals surface area contributed by atoms with Gasteiger partial charge in [0.15, 0.2) is 0 Å². The molecule has 0 aromatic heterocycles. The summed E-state index contributed by atoms with van der Waals surface area (Å²) in [6.07, 6.45) is 5.96. The maximum absolute atomic E-state index is 12.9. The van der Waals surface area contributed by atoms with Crippen LogP contribution in [-0.4, -0.2) is 205 Å². The number of piperidine rings is 2. The molecule has 464 valence electrons. The third-order valence-corrected chi connectivity index (χ3v) is 12.2. The molecule has 0 bridgehead atoms. The van der Waals surface area contributed by atoms with Gasteiger partial charge < -0.3 is 52.7 Å². The number of halogens is 1. The van der Waals surface area contributed by atoms with Crippen molar-refractivity contribution in [3.8, 4) is 24.2 Å². The number of esters is 1. The van der Waals surface area contributed by atoms with Crippen LogP contribution < -0.4 is 16.0 Å². The van der Waals surface area contributed by atoms with Crippen molar-refractivity contribution in [1.82, 2.24) is 25.8 Å². The van der Waals surface area contributed by atoms with Crippen molar-refractivity contribution < 1.29 is 95.3 Å². The summed E-state index contributed by atoms with van der Waals surface area (Å²) in [5.74, 6) is 3.73. The van der Waals surface area contributed by atoms with Crippen molar-refractivity contribution in [3.63, 3.8) is 0 Å². The minimum atomic E-state index is -1.01. The van der Waals surface area contributed by atoms with E-state index in [1.165, 1.54) is 12.1 Å². The Kier molecular flexibility index (Phi) is 30.5. The van der Waals surface area contributed by atoms with Gasteiger partial charge in [0.25, 0.3) is 23.6 Å². The van der Waals surface area contributed by atoms with E-state index in [-0.39, 0.29) is 66.4 Å². The number of alkyl carbamates (subject to hydrolysis) is 1. The summed E-state index contributed by atoms with van der Waals surface area (Å²) in [6.45, 7) is 18.0. The molecular weight excluding hydrogens is 1180 g/mol. The fourth-order valence-corrected chi connectivity index (χ4v) is 8.32. The highest BCUT2D eigenvalue weighted by Gasteiger charge is 2.46. The number of carbonyl (C=O) groups excluding carboxylic acids is 10. The number of ether oxygens (including phenoxy) is 10. The van der Waals surface area contributed by atoms with Gasteiger partial charge in [0, 0.05) is 42.5 Å². The number of hydrogen-bond donors (Lipinski definition) is 3. The molecule has 26 heteroatoms. The Balaban J connectivity index is 0.000000302. The minimum absolute atomic E-state index is 0.0652. The standard InChI is InChI=1S/C30H38N2O10.C16H29NO6.C13H9BrN2O4/c1-30(2,3)42-26(34)7-5-13-39-15-17-41-19-18-40-16-14-38-12-4-6-21-8-9-22-23(20-21)29(37)32(28(22)36)24-10-11-25(33)31-27(24)35;1-5-7-19-9-11-21-13-14-22-12-10-20-8-6-17-15(18)23-16(2,3)4;14-6-1-2-7-8(5-6)13(20)16(12(7)19)9-3-4-10(17)15-11(9)18/h8-9,20,24H,5,7,10-19H2,1-3H3,(H,31,33,35);1H,6-14H2,2-4H3,(H,17,18);1-2,5,9H,3-4H2,(H,15,17,18). The second kappa shape index (κ2) is 36.8. The third kappa shape index (κ3) is 25.6. The van der Waals surface area contributed by atoms with Gasteiger partial charge in [0.05, 0.1) is 108 Å². The maximum atomic E-state index is 12.9. The topological polar surface area (TPSA) is 306 Å². The molecule has 4 aliphatic rings. The molecule has 3 N–H and O–H groups in total. The largest absolute Gasteiger partial charge is 0.460 e. The van der Waals surface area contributed by atoms with Crippen LogP contribution in [0.1, 0.15) is 127 Å². The van der Waals surface area contributed by atoms with Crippen molar-refractivity contribution in [2.45, 2.75) is 103 Å². The predicted octanol–water partition coefficient (Wildman–Crippen LogP) is 3.69. The number of carbonyl (C=O) groups is 10. The lowest BCUT2D eigenvalue weighted by molar-refractivity contribution is -0.155. The van der Waals surface area contributed by atoms with E-state index in [4.69, 9.17) is 53.8 Å². The smallest absolute Gasteiger partial charge is 0.407 e. The van der Waals surface area contributed by atoms with Crippen LogP contribution in [0.4, 0.5) is 4.79 Å². The summed E-state index contributed by atoms with van der Waals surface area (Å²) < 4.78 is 53.7. The minimum Gasteiger partial charge on any atom is -0.460 e. The Morgan fingerprint density at radius 1 is 0.565 bits per heavy atom. The van der Waals surface area contributed by atoms with Gasteiger partial charge in [-0.25, -0.2) is 4.79 Å². The van der Waals surface area contributed by atoms with E-state index in [1.54, 1.807) is 24.3 Å². The summed E-state index contributed by atoms with van der Waals surface area (Å²) in [5, 5.41) is 6.93. The molecule has 6 rings (SSSR count). The highest BCUT2D eigenvalue weighted by molar-refractivity contribution is 9.10. The monoisotopic (exact) mass is 1250 g/mol. The molecule has 0 spiro atoms. The Labute approximate surface area is 502 Å². The average Bonchev–Trinajstić information content (AvgIpc) is 2.08. The van der Waals surface area contributed by atoms with Gasteiger partial charge in [-0.05, 0) is 97.2 Å². The Morgan fingerprint density at radius 3 is 1.46 bits per heavy atom. The summed E-state index contributed by atoms with van der Waals surface area (Å²) >= 11 is 3.24. The second-order valence-electron chi connectivity index (χ2n) is 20.7.